The lowest BCUT2D eigenvalue weighted by atomic mass is 9.87. The maximum absolute atomic E-state index is 11.2. The molecule has 0 bridgehead atoms. The normalized spacial score (nSPS) is 30.9. The van der Waals surface area contributed by atoms with E-state index in [-0.39, 0.29) is 12.0 Å². The van der Waals surface area contributed by atoms with Gasteiger partial charge in [0.05, 0.1) is 6.61 Å². The van der Waals surface area contributed by atoms with Crippen LogP contribution in [0.1, 0.15) is 38.5 Å². The molecule has 3 heteroatoms. The Morgan fingerprint density at radius 1 is 1.33 bits per heavy atom. The van der Waals surface area contributed by atoms with Gasteiger partial charge in [-0.05, 0) is 32.2 Å². The third-order valence-corrected chi connectivity index (χ3v) is 4.08. The van der Waals surface area contributed by atoms with Crippen LogP contribution in [0.4, 0.5) is 0 Å². The zero-order valence-corrected chi connectivity index (χ0v) is 9.32. The number of aldehydes is 1. The summed E-state index contributed by atoms with van der Waals surface area (Å²) in [7, 11) is 0. The maximum Gasteiger partial charge on any atom is 0.127 e. The van der Waals surface area contributed by atoms with Gasteiger partial charge in [0.2, 0.25) is 0 Å². The van der Waals surface area contributed by atoms with Crippen LogP contribution in [-0.4, -0.2) is 42.0 Å². The van der Waals surface area contributed by atoms with E-state index in [1.807, 2.05) is 0 Å². The van der Waals surface area contributed by atoms with Crippen molar-refractivity contribution in [3.63, 3.8) is 0 Å². The van der Waals surface area contributed by atoms with Gasteiger partial charge in [-0.2, -0.15) is 0 Å². The Hall–Kier alpha value is -0.410. The zero-order chi connectivity index (χ0) is 10.7. The quantitative estimate of drug-likeness (QED) is 0.710. The first-order valence-electron chi connectivity index (χ1n) is 6.11. The molecule has 1 heterocycles. The highest BCUT2D eigenvalue weighted by atomic mass is 16.3. The average molecular weight is 211 g/mol. The molecule has 15 heavy (non-hydrogen) atoms. The molecule has 0 spiro atoms. The van der Waals surface area contributed by atoms with Crippen molar-refractivity contribution < 1.29 is 9.90 Å². The molecule has 0 aromatic heterocycles. The molecule has 3 nitrogen and oxygen atoms in total. The number of hydrogen-bond acceptors (Lipinski definition) is 3. The minimum Gasteiger partial charge on any atom is -0.395 e. The molecule has 1 atom stereocenters. The number of aliphatic hydroxyl groups excluding tert-OH is 1. The van der Waals surface area contributed by atoms with E-state index in [1.54, 1.807) is 0 Å². The van der Waals surface area contributed by atoms with Crippen LogP contribution in [0.2, 0.25) is 0 Å². The zero-order valence-electron chi connectivity index (χ0n) is 9.32. The molecule has 1 aliphatic heterocycles. The number of likely N-dealkylation sites (tertiary alicyclic amines) is 1. The molecule has 86 valence electrons. The summed E-state index contributed by atoms with van der Waals surface area (Å²) in [5.41, 5.74) is -0.0856. The van der Waals surface area contributed by atoms with Gasteiger partial charge < -0.3 is 9.90 Å². The molecule has 1 aliphatic carbocycles. The molecule has 2 rings (SSSR count). The summed E-state index contributed by atoms with van der Waals surface area (Å²) >= 11 is 0. The smallest absolute Gasteiger partial charge is 0.127 e. The van der Waals surface area contributed by atoms with Gasteiger partial charge in [-0.1, -0.05) is 12.8 Å². The van der Waals surface area contributed by atoms with Crippen molar-refractivity contribution in [3.05, 3.63) is 0 Å². The van der Waals surface area contributed by atoms with E-state index in [1.165, 1.54) is 25.5 Å². The fourth-order valence-electron chi connectivity index (χ4n) is 3.11. The lowest BCUT2D eigenvalue weighted by Crippen LogP contribution is -2.41. The van der Waals surface area contributed by atoms with Gasteiger partial charge >= 0.3 is 0 Å². The van der Waals surface area contributed by atoms with Gasteiger partial charge in [0.15, 0.2) is 0 Å². The van der Waals surface area contributed by atoms with Crippen molar-refractivity contribution in [1.29, 1.82) is 0 Å². The van der Waals surface area contributed by atoms with Crippen molar-refractivity contribution in [2.24, 2.45) is 5.41 Å². The number of carbonyl (C=O) groups is 1. The molecule has 0 amide bonds. The van der Waals surface area contributed by atoms with Crippen LogP contribution in [-0.2, 0) is 4.79 Å². The SMILES string of the molecule is O=CC1(CN2CCCC2CO)CCCC1. The predicted octanol–water partition coefficient (Wildman–Crippen LogP) is 1.20. The Morgan fingerprint density at radius 3 is 2.67 bits per heavy atom. The van der Waals surface area contributed by atoms with Gasteiger partial charge in [-0.3, -0.25) is 4.90 Å². The first kappa shape index (κ1) is 11.1. The van der Waals surface area contributed by atoms with E-state index in [0.29, 0.717) is 6.04 Å². The minimum absolute atomic E-state index is 0.0856. The van der Waals surface area contributed by atoms with E-state index in [9.17, 15) is 9.90 Å². The molecular formula is C12H21NO2. The summed E-state index contributed by atoms with van der Waals surface area (Å²) in [6.07, 6.45) is 7.90. The van der Waals surface area contributed by atoms with Gasteiger partial charge in [0.25, 0.3) is 0 Å². The summed E-state index contributed by atoms with van der Waals surface area (Å²) < 4.78 is 0. The number of hydrogen-bond donors (Lipinski definition) is 1. The molecule has 2 fully saturated rings. The minimum atomic E-state index is -0.0856. The molecule has 1 saturated heterocycles. The van der Waals surface area contributed by atoms with Crippen LogP contribution >= 0.6 is 0 Å². The Balaban J connectivity index is 1.96. The van der Waals surface area contributed by atoms with E-state index in [4.69, 9.17) is 0 Å². The molecular weight excluding hydrogens is 190 g/mol. The monoisotopic (exact) mass is 211 g/mol. The number of nitrogens with zero attached hydrogens (tertiary/aromatic N) is 1. The maximum atomic E-state index is 11.2. The fraction of sp³-hybridized carbons (Fsp3) is 0.917. The second kappa shape index (κ2) is 4.62. The van der Waals surface area contributed by atoms with Gasteiger partial charge in [-0.25, -0.2) is 0 Å². The van der Waals surface area contributed by atoms with Crippen LogP contribution in [0, 0.1) is 5.41 Å². The standard InChI is InChI=1S/C12H21NO2/c14-8-11-4-3-7-13(11)9-12(10-15)5-1-2-6-12/h10-11,14H,1-9H2. The third-order valence-electron chi connectivity index (χ3n) is 4.08. The van der Waals surface area contributed by atoms with E-state index < -0.39 is 0 Å². The molecule has 0 aromatic rings. The molecule has 2 aliphatic rings. The Bertz CT molecular complexity index is 224. The number of carbonyl (C=O) groups excluding carboxylic acids is 1. The van der Waals surface area contributed by atoms with Crippen LogP contribution in [0.15, 0.2) is 0 Å². The molecule has 0 aromatic carbocycles. The lowest BCUT2D eigenvalue weighted by Gasteiger charge is -2.31. The second-order valence-corrected chi connectivity index (χ2v) is 5.14. The predicted molar refractivity (Wildman–Crippen MR) is 58.6 cm³/mol. The summed E-state index contributed by atoms with van der Waals surface area (Å²) in [6.45, 7) is 2.18. The first-order chi connectivity index (χ1) is 7.29. The number of aliphatic hydroxyl groups is 1. The molecule has 0 radical (unpaired) electrons. The van der Waals surface area contributed by atoms with Gasteiger partial charge in [-0.15, -0.1) is 0 Å². The van der Waals surface area contributed by atoms with Crippen molar-refractivity contribution in [2.75, 3.05) is 19.7 Å². The Morgan fingerprint density at radius 2 is 2.07 bits per heavy atom. The lowest BCUT2D eigenvalue weighted by molar-refractivity contribution is -0.117. The molecule has 1 saturated carbocycles. The summed E-state index contributed by atoms with van der Waals surface area (Å²) in [5, 5.41) is 9.24. The van der Waals surface area contributed by atoms with Crippen molar-refractivity contribution in [3.8, 4) is 0 Å². The summed E-state index contributed by atoms with van der Waals surface area (Å²) in [5.74, 6) is 0. The average Bonchev–Trinajstić information content (AvgIpc) is 2.88. The van der Waals surface area contributed by atoms with E-state index in [2.05, 4.69) is 4.90 Å². The first-order valence-corrected chi connectivity index (χ1v) is 6.11. The fourth-order valence-corrected chi connectivity index (χ4v) is 3.11. The second-order valence-electron chi connectivity index (χ2n) is 5.14. The highest BCUT2D eigenvalue weighted by Crippen LogP contribution is 2.38. The van der Waals surface area contributed by atoms with Crippen molar-refractivity contribution in [1.82, 2.24) is 4.90 Å². The molecule has 1 N–H and O–H groups in total. The van der Waals surface area contributed by atoms with Crippen LogP contribution < -0.4 is 0 Å². The topological polar surface area (TPSA) is 40.5 Å². The van der Waals surface area contributed by atoms with E-state index in [0.717, 1.165) is 32.4 Å². The molecule has 1 unspecified atom stereocenters. The summed E-state index contributed by atoms with van der Waals surface area (Å²) in [4.78, 5) is 13.5. The van der Waals surface area contributed by atoms with Crippen molar-refractivity contribution >= 4 is 6.29 Å². The Kier molecular flexibility index (Phi) is 3.42. The van der Waals surface area contributed by atoms with E-state index >= 15 is 0 Å². The van der Waals surface area contributed by atoms with Crippen LogP contribution in [0.3, 0.4) is 0 Å². The number of rotatable bonds is 4. The Labute approximate surface area is 91.5 Å². The summed E-state index contributed by atoms with van der Waals surface area (Å²) in [6, 6.07) is 0.308. The highest BCUT2D eigenvalue weighted by Gasteiger charge is 2.38. The third kappa shape index (κ3) is 2.23. The van der Waals surface area contributed by atoms with Crippen molar-refractivity contribution in [2.45, 2.75) is 44.6 Å². The van der Waals surface area contributed by atoms with Gasteiger partial charge in [0, 0.05) is 18.0 Å². The van der Waals surface area contributed by atoms with Gasteiger partial charge in [0.1, 0.15) is 6.29 Å². The van der Waals surface area contributed by atoms with Crippen LogP contribution in [0.5, 0.6) is 0 Å². The highest BCUT2D eigenvalue weighted by molar-refractivity contribution is 5.60. The largest absolute Gasteiger partial charge is 0.395 e. The van der Waals surface area contributed by atoms with Crippen LogP contribution in [0.25, 0.3) is 0 Å².